The number of nitrogens with two attached hydrogens (primary N) is 1. The maximum atomic E-state index is 12.4. The predicted molar refractivity (Wildman–Crippen MR) is 110 cm³/mol. The maximum absolute atomic E-state index is 12.4. The zero-order chi connectivity index (χ0) is 25.2. The molecule has 0 aromatic heterocycles. The predicted octanol–water partition coefficient (Wildman–Crippen LogP) is 2.79. The molecule has 9 nitrogen and oxygen atoms in total. The first-order valence-corrected chi connectivity index (χ1v) is 10.5. The highest BCUT2D eigenvalue weighted by Crippen LogP contribution is 2.32. The topological polar surface area (TPSA) is 123 Å². The number of benzene rings is 1. The van der Waals surface area contributed by atoms with Crippen LogP contribution in [0.15, 0.2) is 29.2 Å². The molecule has 4 atom stereocenters. The normalized spacial score (nSPS) is 15.0. The number of ether oxygens (including phenoxy) is 5. The van der Waals surface area contributed by atoms with Crippen molar-refractivity contribution >= 4 is 29.7 Å². The number of rotatable bonds is 12. The molecule has 186 valence electrons. The molecule has 1 aromatic carbocycles. The summed E-state index contributed by atoms with van der Waals surface area (Å²) < 4.78 is 62.3. The summed E-state index contributed by atoms with van der Waals surface area (Å²) in [6.07, 6.45) is -7.64. The summed E-state index contributed by atoms with van der Waals surface area (Å²) in [6, 6.07) is 4.90. The minimum Gasteiger partial charge on any atom is -0.463 e. The van der Waals surface area contributed by atoms with Crippen molar-refractivity contribution in [1.82, 2.24) is 0 Å². The number of thioether (sulfide) groups is 1. The van der Waals surface area contributed by atoms with Gasteiger partial charge >= 0.3 is 24.3 Å². The first-order valence-electron chi connectivity index (χ1n) is 9.66. The number of carbonyl (C=O) groups excluding carboxylic acids is 3. The number of esters is 3. The molecule has 2 unspecified atom stereocenters. The van der Waals surface area contributed by atoms with Gasteiger partial charge in [0.25, 0.3) is 0 Å². The second-order valence-electron chi connectivity index (χ2n) is 6.68. The van der Waals surface area contributed by atoms with E-state index in [0.29, 0.717) is 4.90 Å². The van der Waals surface area contributed by atoms with Crippen LogP contribution in [0.25, 0.3) is 0 Å². The molecule has 1 aromatic rings. The quantitative estimate of drug-likeness (QED) is 0.200. The van der Waals surface area contributed by atoms with Crippen LogP contribution in [0.5, 0.6) is 5.75 Å². The first kappa shape index (κ1) is 28.5. The number of hydrogen-bond donors (Lipinski definition) is 1. The molecule has 0 fully saturated rings. The third-order valence-electron chi connectivity index (χ3n) is 3.80. The van der Waals surface area contributed by atoms with E-state index in [4.69, 9.17) is 24.7 Å². The van der Waals surface area contributed by atoms with Crippen LogP contribution in [0, 0.1) is 0 Å². The molecule has 0 aliphatic heterocycles. The van der Waals surface area contributed by atoms with Gasteiger partial charge in [0.2, 0.25) is 0 Å². The van der Waals surface area contributed by atoms with Crippen LogP contribution in [0.3, 0.4) is 0 Å². The van der Waals surface area contributed by atoms with Crippen LogP contribution < -0.4 is 10.5 Å². The summed E-state index contributed by atoms with van der Waals surface area (Å²) in [4.78, 5) is 34.6. The van der Waals surface area contributed by atoms with Crippen molar-refractivity contribution < 1.29 is 51.2 Å². The molecule has 13 heteroatoms. The smallest absolute Gasteiger partial charge is 0.463 e. The zero-order valence-electron chi connectivity index (χ0n) is 18.4. The lowest BCUT2D eigenvalue weighted by Crippen LogP contribution is -2.44. The van der Waals surface area contributed by atoms with Gasteiger partial charge in [0, 0.05) is 32.2 Å². The van der Waals surface area contributed by atoms with Gasteiger partial charge in [-0.1, -0.05) is 11.8 Å². The van der Waals surface area contributed by atoms with E-state index in [-0.39, 0.29) is 13.2 Å². The summed E-state index contributed by atoms with van der Waals surface area (Å²) in [7, 11) is 0. The average Bonchev–Trinajstić information content (AvgIpc) is 2.67. The number of alkyl halides is 3. The molecular weight excluding hydrogens is 471 g/mol. The Morgan fingerprint density at radius 3 is 2.00 bits per heavy atom. The molecule has 0 saturated carbocycles. The fourth-order valence-electron chi connectivity index (χ4n) is 2.47. The Bertz CT molecular complexity index is 791. The Morgan fingerprint density at radius 2 is 1.55 bits per heavy atom. The third kappa shape index (κ3) is 11.8. The first-order chi connectivity index (χ1) is 15.3. The molecule has 1 rings (SSSR count). The largest absolute Gasteiger partial charge is 0.573 e. The van der Waals surface area contributed by atoms with Gasteiger partial charge in [0.1, 0.15) is 36.1 Å². The zero-order valence-corrected chi connectivity index (χ0v) is 19.2. The molecular formula is C20H26F3NO8S. The van der Waals surface area contributed by atoms with E-state index in [9.17, 15) is 27.6 Å². The van der Waals surface area contributed by atoms with Gasteiger partial charge in [-0.3, -0.25) is 14.4 Å². The molecule has 0 amide bonds. The minimum atomic E-state index is -4.84. The van der Waals surface area contributed by atoms with Crippen LogP contribution in [0.1, 0.15) is 27.7 Å². The lowest BCUT2D eigenvalue weighted by molar-refractivity contribution is -0.274. The van der Waals surface area contributed by atoms with Crippen LogP contribution in [0.4, 0.5) is 13.2 Å². The van der Waals surface area contributed by atoms with Crippen molar-refractivity contribution in [3.05, 3.63) is 24.3 Å². The number of halogens is 3. The number of carbonyl (C=O) groups is 3. The summed E-state index contributed by atoms with van der Waals surface area (Å²) in [5.41, 5.74) is 4.74. The van der Waals surface area contributed by atoms with Gasteiger partial charge in [0.15, 0.2) is 0 Å². The van der Waals surface area contributed by atoms with Gasteiger partial charge in [-0.15, -0.1) is 13.2 Å². The fraction of sp³-hybridized carbons (Fsp3) is 0.550. The highest BCUT2D eigenvalue weighted by Gasteiger charge is 2.33. The molecule has 0 bridgehead atoms. The maximum Gasteiger partial charge on any atom is 0.573 e. The van der Waals surface area contributed by atoms with Crippen molar-refractivity contribution in [2.45, 2.75) is 62.7 Å². The van der Waals surface area contributed by atoms with E-state index in [2.05, 4.69) is 4.74 Å². The second-order valence-corrected chi connectivity index (χ2v) is 7.85. The van der Waals surface area contributed by atoms with Crippen LogP contribution >= 0.6 is 11.8 Å². The van der Waals surface area contributed by atoms with Crippen molar-refractivity contribution in [1.29, 1.82) is 0 Å². The highest BCUT2D eigenvalue weighted by molar-refractivity contribution is 7.99. The Balaban J connectivity index is 3.13. The van der Waals surface area contributed by atoms with E-state index in [1.54, 1.807) is 0 Å². The molecule has 33 heavy (non-hydrogen) atoms. The Kier molecular flexibility index (Phi) is 11.5. The van der Waals surface area contributed by atoms with Crippen molar-refractivity contribution in [2.75, 3.05) is 13.2 Å². The van der Waals surface area contributed by atoms with Gasteiger partial charge in [-0.2, -0.15) is 0 Å². The Hall–Kier alpha value is -2.51. The highest BCUT2D eigenvalue weighted by atomic mass is 32.2. The van der Waals surface area contributed by atoms with E-state index >= 15 is 0 Å². The molecule has 0 saturated heterocycles. The van der Waals surface area contributed by atoms with Crippen LogP contribution in [0.2, 0.25) is 0 Å². The fourth-order valence-corrected chi connectivity index (χ4v) is 3.55. The monoisotopic (exact) mass is 497 g/mol. The summed E-state index contributed by atoms with van der Waals surface area (Å²) in [6.45, 7) is 4.63. The summed E-state index contributed by atoms with van der Waals surface area (Å²) in [5, 5.41) is 0. The van der Waals surface area contributed by atoms with E-state index < -0.39 is 53.8 Å². The van der Waals surface area contributed by atoms with Crippen molar-refractivity contribution in [3.63, 3.8) is 0 Å². The Morgan fingerprint density at radius 1 is 0.970 bits per heavy atom. The standard InChI is InChI=1S/C20H26F3NO8S/c1-11(29-13(3)26)18(10-28-12(2)25)31-19(17(9-24)30-14(4)27)33-16-7-5-15(6-8-16)32-20(21,22)23/h5-8,11,17-19H,9-10,24H2,1-4H3/t11-,17+,18?,19?/m1/s1. The van der Waals surface area contributed by atoms with Crippen molar-refractivity contribution in [3.8, 4) is 5.75 Å². The van der Waals surface area contributed by atoms with Gasteiger partial charge in [0.05, 0.1) is 0 Å². The SMILES string of the molecule is CC(=O)OCC(OC(Sc1ccc(OC(F)(F)F)cc1)[C@H](CN)OC(C)=O)[C@@H](C)OC(C)=O. The van der Waals surface area contributed by atoms with E-state index in [0.717, 1.165) is 23.9 Å². The third-order valence-corrected chi connectivity index (χ3v) is 4.99. The molecule has 0 spiro atoms. The molecule has 0 radical (unpaired) electrons. The second kappa shape index (κ2) is 13.3. The lowest BCUT2D eigenvalue weighted by atomic mass is 10.2. The van der Waals surface area contributed by atoms with E-state index in [1.807, 2.05) is 0 Å². The molecule has 0 aliphatic rings. The lowest BCUT2D eigenvalue weighted by Gasteiger charge is -2.31. The molecule has 0 aliphatic carbocycles. The summed E-state index contributed by atoms with van der Waals surface area (Å²) in [5.74, 6) is -2.26. The summed E-state index contributed by atoms with van der Waals surface area (Å²) >= 11 is 0.992. The van der Waals surface area contributed by atoms with Crippen LogP contribution in [-0.4, -0.2) is 61.2 Å². The Labute approximate surface area is 193 Å². The van der Waals surface area contributed by atoms with Crippen molar-refractivity contribution in [2.24, 2.45) is 5.73 Å². The number of hydrogen-bond acceptors (Lipinski definition) is 10. The van der Waals surface area contributed by atoms with Gasteiger partial charge < -0.3 is 29.4 Å². The van der Waals surface area contributed by atoms with Gasteiger partial charge in [-0.25, -0.2) is 0 Å². The van der Waals surface area contributed by atoms with E-state index in [1.165, 1.54) is 39.8 Å². The van der Waals surface area contributed by atoms with Gasteiger partial charge in [-0.05, 0) is 31.2 Å². The minimum absolute atomic E-state index is 0.158. The average molecular weight is 497 g/mol. The van der Waals surface area contributed by atoms with Crippen LogP contribution in [-0.2, 0) is 33.3 Å². The molecule has 0 heterocycles. The molecule has 2 N–H and O–H groups in total.